The van der Waals surface area contributed by atoms with Crippen molar-refractivity contribution in [2.24, 2.45) is 0 Å². The van der Waals surface area contributed by atoms with E-state index in [9.17, 15) is 4.79 Å². The molecule has 0 aromatic carbocycles. The molecule has 0 unspecified atom stereocenters. The molecule has 1 rings (SSSR count). The second-order valence-electron chi connectivity index (χ2n) is 2.91. The monoisotopic (exact) mass is 165 g/mol. The zero-order valence-electron chi connectivity index (χ0n) is 7.47. The van der Waals surface area contributed by atoms with Gasteiger partial charge in [0.2, 0.25) is 5.91 Å². The molecule has 0 atom stereocenters. The molecule has 1 N–H and O–H groups in total. The molecule has 66 valence electrons. The van der Waals surface area contributed by atoms with Crippen molar-refractivity contribution in [1.29, 1.82) is 0 Å². The van der Waals surface area contributed by atoms with Crippen molar-refractivity contribution in [3.8, 4) is 0 Å². The van der Waals surface area contributed by atoms with Crippen LogP contribution in [-0.4, -0.2) is 12.5 Å². The number of hydrogen-bond acceptors (Lipinski definition) is 1. The summed E-state index contributed by atoms with van der Waals surface area (Å²) in [6, 6.07) is 0. The number of amides is 1. The molecule has 2 nitrogen and oxygen atoms in total. The first-order valence-electron chi connectivity index (χ1n) is 4.48. The van der Waals surface area contributed by atoms with Gasteiger partial charge < -0.3 is 5.32 Å². The van der Waals surface area contributed by atoms with Gasteiger partial charge in [-0.3, -0.25) is 4.79 Å². The molecule has 0 saturated carbocycles. The molecule has 0 heterocycles. The van der Waals surface area contributed by atoms with Crippen LogP contribution in [0, 0.1) is 0 Å². The molecule has 1 amide bonds. The Kier molecular flexibility index (Phi) is 3.58. The van der Waals surface area contributed by atoms with E-state index in [4.69, 9.17) is 0 Å². The third kappa shape index (κ3) is 2.53. The maximum absolute atomic E-state index is 11.3. The van der Waals surface area contributed by atoms with Crippen LogP contribution in [0.4, 0.5) is 0 Å². The van der Waals surface area contributed by atoms with Crippen LogP contribution in [0.15, 0.2) is 23.8 Å². The third-order valence-corrected chi connectivity index (χ3v) is 1.84. The molecule has 0 aliphatic heterocycles. The summed E-state index contributed by atoms with van der Waals surface area (Å²) < 4.78 is 0. The highest BCUT2D eigenvalue weighted by atomic mass is 16.1. The largest absolute Gasteiger partial charge is 0.352 e. The highest BCUT2D eigenvalue weighted by Crippen LogP contribution is 2.11. The van der Waals surface area contributed by atoms with E-state index in [1.54, 1.807) is 0 Å². The minimum atomic E-state index is 0.0983. The fourth-order valence-electron chi connectivity index (χ4n) is 1.14. The van der Waals surface area contributed by atoms with E-state index in [0.29, 0.717) is 0 Å². The zero-order valence-corrected chi connectivity index (χ0v) is 7.47. The Hall–Kier alpha value is -1.05. The molecule has 0 bridgehead atoms. The number of hydrogen-bond donors (Lipinski definition) is 1. The second-order valence-corrected chi connectivity index (χ2v) is 2.91. The molecule has 2 heteroatoms. The topological polar surface area (TPSA) is 29.1 Å². The van der Waals surface area contributed by atoms with E-state index in [0.717, 1.165) is 31.4 Å². The lowest BCUT2D eigenvalue weighted by Gasteiger charge is -2.08. The molecule has 0 aromatic heterocycles. The predicted molar refractivity (Wildman–Crippen MR) is 49.8 cm³/mol. The quantitative estimate of drug-likeness (QED) is 0.678. The van der Waals surface area contributed by atoms with Crippen molar-refractivity contribution < 1.29 is 4.79 Å². The first-order chi connectivity index (χ1) is 5.84. The molecular formula is C10H15NO. The summed E-state index contributed by atoms with van der Waals surface area (Å²) in [6.07, 6.45) is 8.79. The summed E-state index contributed by atoms with van der Waals surface area (Å²) in [5.41, 5.74) is 0.908. The number of nitrogens with one attached hydrogen (secondary N) is 1. The molecule has 12 heavy (non-hydrogen) atoms. The fourth-order valence-corrected chi connectivity index (χ4v) is 1.14. The van der Waals surface area contributed by atoms with Crippen LogP contribution in [0.1, 0.15) is 26.2 Å². The van der Waals surface area contributed by atoms with Gasteiger partial charge in [0, 0.05) is 12.1 Å². The summed E-state index contributed by atoms with van der Waals surface area (Å²) in [6.45, 7) is 2.83. The Morgan fingerprint density at radius 2 is 2.50 bits per heavy atom. The number of rotatable bonds is 3. The van der Waals surface area contributed by atoms with Crippen molar-refractivity contribution in [3.63, 3.8) is 0 Å². The number of allylic oxidation sites excluding steroid dienone is 3. The van der Waals surface area contributed by atoms with Crippen molar-refractivity contribution >= 4 is 5.91 Å². The van der Waals surface area contributed by atoms with E-state index in [1.165, 1.54) is 0 Å². The Bertz CT molecular complexity index is 216. The van der Waals surface area contributed by atoms with E-state index >= 15 is 0 Å². The molecule has 1 aliphatic rings. The lowest BCUT2D eigenvalue weighted by atomic mass is 10.0. The highest BCUT2D eigenvalue weighted by Gasteiger charge is 2.07. The van der Waals surface area contributed by atoms with Crippen LogP contribution < -0.4 is 5.32 Å². The Labute approximate surface area is 73.4 Å². The Morgan fingerprint density at radius 1 is 1.67 bits per heavy atom. The Balaban J connectivity index is 2.40. The summed E-state index contributed by atoms with van der Waals surface area (Å²) in [5.74, 6) is 0.0983. The van der Waals surface area contributed by atoms with Crippen molar-refractivity contribution in [2.45, 2.75) is 26.2 Å². The van der Waals surface area contributed by atoms with E-state index in [1.807, 2.05) is 12.2 Å². The van der Waals surface area contributed by atoms with Crippen LogP contribution in [0.25, 0.3) is 0 Å². The van der Waals surface area contributed by atoms with Gasteiger partial charge in [0.25, 0.3) is 0 Å². The van der Waals surface area contributed by atoms with Gasteiger partial charge in [-0.05, 0) is 19.3 Å². The van der Waals surface area contributed by atoms with Gasteiger partial charge >= 0.3 is 0 Å². The number of carbonyl (C=O) groups excluding carboxylic acids is 1. The average Bonchev–Trinajstić information content (AvgIpc) is 2.15. The fraction of sp³-hybridized carbons (Fsp3) is 0.500. The summed E-state index contributed by atoms with van der Waals surface area (Å²) in [5, 5.41) is 2.86. The van der Waals surface area contributed by atoms with Gasteiger partial charge in [-0.25, -0.2) is 0 Å². The van der Waals surface area contributed by atoms with Gasteiger partial charge in [-0.2, -0.15) is 0 Å². The predicted octanol–water partition coefficient (Wildman–Crippen LogP) is 1.79. The standard InChI is InChI=1S/C10H15NO/c1-2-8-11-10(12)9-6-4-3-5-7-9/h3-4,6H,2,5,7-8H2,1H3,(H,11,12). The smallest absolute Gasteiger partial charge is 0.247 e. The molecule has 0 aromatic rings. The SMILES string of the molecule is CCCNC(=O)C1=CC=CCC1. The first-order valence-corrected chi connectivity index (χ1v) is 4.48. The average molecular weight is 165 g/mol. The van der Waals surface area contributed by atoms with Gasteiger partial charge in [-0.15, -0.1) is 0 Å². The lowest BCUT2D eigenvalue weighted by Crippen LogP contribution is -2.25. The normalized spacial score (nSPS) is 15.6. The second kappa shape index (κ2) is 4.75. The van der Waals surface area contributed by atoms with Crippen LogP contribution in [0.3, 0.4) is 0 Å². The molecule has 1 aliphatic carbocycles. The molecule has 0 fully saturated rings. The minimum absolute atomic E-state index is 0.0983. The Morgan fingerprint density at radius 3 is 3.08 bits per heavy atom. The molecule has 0 radical (unpaired) electrons. The van der Waals surface area contributed by atoms with Crippen LogP contribution >= 0.6 is 0 Å². The number of carbonyl (C=O) groups is 1. The van der Waals surface area contributed by atoms with Crippen molar-refractivity contribution in [3.05, 3.63) is 23.8 Å². The molecule has 0 spiro atoms. The molecular weight excluding hydrogens is 150 g/mol. The third-order valence-electron chi connectivity index (χ3n) is 1.84. The van der Waals surface area contributed by atoms with Crippen LogP contribution in [0.5, 0.6) is 0 Å². The van der Waals surface area contributed by atoms with Gasteiger partial charge in [0.1, 0.15) is 0 Å². The van der Waals surface area contributed by atoms with E-state index in [2.05, 4.69) is 18.3 Å². The maximum Gasteiger partial charge on any atom is 0.247 e. The van der Waals surface area contributed by atoms with Crippen LogP contribution in [0.2, 0.25) is 0 Å². The summed E-state index contributed by atoms with van der Waals surface area (Å²) in [7, 11) is 0. The maximum atomic E-state index is 11.3. The summed E-state index contributed by atoms with van der Waals surface area (Å²) in [4.78, 5) is 11.3. The minimum Gasteiger partial charge on any atom is -0.352 e. The van der Waals surface area contributed by atoms with E-state index < -0.39 is 0 Å². The molecule has 0 saturated heterocycles. The van der Waals surface area contributed by atoms with Gasteiger partial charge in [0.15, 0.2) is 0 Å². The van der Waals surface area contributed by atoms with Gasteiger partial charge in [-0.1, -0.05) is 25.2 Å². The lowest BCUT2D eigenvalue weighted by molar-refractivity contribution is -0.117. The first kappa shape index (κ1) is 9.04. The van der Waals surface area contributed by atoms with E-state index in [-0.39, 0.29) is 5.91 Å². The van der Waals surface area contributed by atoms with Gasteiger partial charge in [0.05, 0.1) is 0 Å². The highest BCUT2D eigenvalue weighted by molar-refractivity contribution is 5.93. The summed E-state index contributed by atoms with van der Waals surface area (Å²) >= 11 is 0. The van der Waals surface area contributed by atoms with Crippen molar-refractivity contribution in [2.75, 3.05) is 6.54 Å². The zero-order chi connectivity index (χ0) is 8.81. The van der Waals surface area contributed by atoms with Crippen molar-refractivity contribution in [1.82, 2.24) is 5.32 Å². The van der Waals surface area contributed by atoms with Crippen LogP contribution in [-0.2, 0) is 4.79 Å².